The Bertz CT molecular complexity index is 644. The van der Waals surface area contributed by atoms with Crippen LogP contribution < -0.4 is 10.6 Å². The molecule has 2 fully saturated rings. The SMILES string of the molecule is Cl.O=C(CC1CC2CCC(C1)N2)NCc1nc2ccccc2s1. The summed E-state index contributed by atoms with van der Waals surface area (Å²) in [4.78, 5) is 16.7. The zero-order chi connectivity index (χ0) is 14.9. The van der Waals surface area contributed by atoms with Crippen molar-refractivity contribution in [3.05, 3.63) is 29.3 Å². The molecule has 2 aliphatic heterocycles. The van der Waals surface area contributed by atoms with Gasteiger partial charge in [0.25, 0.3) is 0 Å². The zero-order valence-corrected chi connectivity index (χ0v) is 14.6. The molecule has 2 aromatic rings. The molecule has 2 atom stereocenters. The van der Waals surface area contributed by atoms with Crippen molar-refractivity contribution in [3.63, 3.8) is 0 Å². The van der Waals surface area contributed by atoms with Gasteiger partial charge in [-0.3, -0.25) is 4.79 Å². The summed E-state index contributed by atoms with van der Waals surface area (Å²) in [5.74, 6) is 0.722. The van der Waals surface area contributed by atoms with Gasteiger partial charge in [-0.15, -0.1) is 23.7 Å². The molecule has 2 unspecified atom stereocenters. The van der Waals surface area contributed by atoms with Crippen molar-refractivity contribution < 1.29 is 4.79 Å². The fraction of sp³-hybridized carbons (Fsp3) is 0.529. The van der Waals surface area contributed by atoms with E-state index >= 15 is 0 Å². The van der Waals surface area contributed by atoms with Crippen LogP contribution in [0.4, 0.5) is 0 Å². The number of para-hydroxylation sites is 1. The Morgan fingerprint density at radius 1 is 1.26 bits per heavy atom. The summed E-state index contributed by atoms with van der Waals surface area (Å²) in [6.07, 6.45) is 5.55. The lowest BCUT2D eigenvalue weighted by Gasteiger charge is -2.28. The molecule has 4 nitrogen and oxygen atoms in total. The van der Waals surface area contributed by atoms with E-state index in [1.807, 2.05) is 18.2 Å². The predicted molar refractivity (Wildman–Crippen MR) is 96.0 cm³/mol. The molecule has 1 amide bonds. The van der Waals surface area contributed by atoms with E-state index in [0.29, 0.717) is 31.0 Å². The van der Waals surface area contributed by atoms with Gasteiger partial charge in [-0.1, -0.05) is 12.1 Å². The normalized spacial score (nSPS) is 26.0. The number of amides is 1. The number of nitrogens with zero attached hydrogens (tertiary/aromatic N) is 1. The molecule has 0 aliphatic carbocycles. The minimum Gasteiger partial charge on any atom is -0.350 e. The van der Waals surface area contributed by atoms with Crippen LogP contribution >= 0.6 is 23.7 Å². The molecule has 0 spiro atoms. The van der Waals surface area contributed by atoms with Crippen LogP contribution in [-0.2, 0) is 11.3 Å². The number of aromatic nitrogens is 1. The van der Waals surface area contributed by atoms with Crippen LogP contribution in [0.15, 0.2) is 24.3 Å². The fourth-order valence-electron chi connectivity index (χ4n) is 3.85. The molecule has 3 heterocycles. The highest BCUT2D eigenvalue weighted by molar-refractivity contribution is 7.18. The molecular formula is C17H22ClN3OS. The first-order valence-electron chi connectivity index (χ1n) is 8.13. The minimum absolute atomic E-state index is 0. The standard InChI is InChI=1S/C17H21N3OS.ClH/c21-16(9-11-7-12-5-6-13(8-11)19-12)18-10-17-20-14-3-1-2-4-15(14)22-17;/h1-4,11-13,19H,5-10H2,(H,18,21);1H. The molecule has 1 aromatic heterocycles. The molecule has 2 N–H and O–H groups in total. The third-order valence-corrected chi connectivity index (χ3v) is 5.86. The van der Waals surface area contributed by atoms with Crippen LogP contribution in [0.2, 0.25) is 0 Å². The quantitative estimate of drug-likeness (QED) is 0.889. The molecule has 0 saturated carbocycles. The topological polar surface area (TPSA) is 54.0 Å². The Morgan fingerprint density at radius 2 is 2.00 bits per heavy atom. The van der Waals surface area contributed by atoms with E-state index in [2.05, 4.69) is 21.7 Å². The molecule has 2 saturated heterocycles. The fourth-order valence-corrected chi connectivity index (χ4v) is 4.75. The monoisotopic (exact) mass is 351 g/mol. The number of benzene rings is 1. The molecule has 2 aliphatic rings. The number of halogens is 1. The first-order chi connectivity index (χ1) is 10.8. The van der Waals surface area contributed by atoms with Crippen LogP contribution in [0, 0.1) is 5.92 Å². The molecule has 2 bridgehead atoms. The summed E-state index contributed by atoms with van der Waals surface area (Å²) < 4.78 is 1.18. The number of hydrogen-bond donors (Lipinski definition) is 2. The number of hydrogen-bond acceptors (Lipinski definition) is 4. The number of piperidine rings is 1. The second kappa shape index (κ2) is 7.16. The van der Waals surface area contributed by atoms with E-state index < -0.39 is 0 Å². The van der Waals surface area contributed by atoms with Gasteiger partial charge in [0, 0.05) is 18.5 Å². The Labute approximate surface area is 146 Å². The van der Waals surface area contributed by atoms with Crippen LogP contribution in [0.25, 0.3) is 10.2 Å². The van der Waals surface area contributed by atoms with Gasteiger partial charge < -0.3 is 10.6 Å². The lowest BCUT2D eigenvalue weighted by atomic mass is 9.89. The van der Waals surface area contributed by atoms with E-state index in [4.69, 9.17) is 0 Å². The van der Waals surface area contributed by atoms with E-state index in [1.54, 1.807) is 11.3 Å². The predicted octanol–water partition coefficient (Wildman–Crippen LogP) is 3.26. The van der Waals surface area contributed by atoms with Gasteiger partial charge in [0.05, 0.1) is 16.8 Å². The summed E-state index contributed by atoms with van der Waals surface area (Å²) in [5, 5.41) is 7.66. The summed E-state index contributed by atoms with van der Waals surface area (Å²) in [7, 11) is 0. The van der Waals surface area contributed by atoms with Gasteiger partial charge in [0.15, 0.2) is 0 Å². The smallest absolute Gasteiger partial charge is 0.220 e. The second-order valence-corrected chi connectivity index (χ2v) is 7.65. The van der Waals surface area contributed by atoms with Gasteiger partial charge in [-0.25, -0.2) is 4.98 Å². The van der Waals surface area contributed by atoms with E-state index in [1.165, 1.54) is 17.5 Å². The number of nitrogens with one attached hydrogen (secondary N) is 2. The third kappa shape index (κ3) is 3.84. The van der Waals surface area contributed by atoms with Gasteiger partial charge in [0.1, 0.15) is 5.01 Å². The first-order valence-corrected chi connectivity index (χ1v) is 8.95. The van der Waals surface area contributed by atoms with Crippen LogP contribution in [0.1, 0.15) is 37.1 Å². The van der Waals surface area contributed by atoms with Gasteiger partial charge >= 0.3 is 0 Å². The molecule has 4 rings (SSSR count). The summed E-state index contributed by atoms with van der Waals surface area (Å²) in [6, 6.07) is 9.41. The first kappa shape index (κ1) is 16.7. The number of thiazole rings is 1. The van der Waals surface area contributed by atoms with Gasteiger partial charge in [-0.2, -0.15) is 0 Å². The number of carbonyl (C=O) groups is 1. The van der Waals surface area contributed by atoms with Crippen molar-refractivity contribution in [3.8, 4) is 0 Å². The summed E-state index contributed by atoms with van der Waals surface area (Å²) in [5.41, 5.74) is 1.02. The zero-order valence-electron chi connectivity index (χ0n) is 13.0. The number of rotatable bonds is 4. The van der Waals surface area contributed by atoms with Crippen molar-refractivity contribution >= 4 is 39.9 Å². The third-order valence-electron chi connectivity index (χ3n) is 4.82. The van der Waals surface area contributed by atoms with Crippen molar-refractivity contribution in [1.29, 1.82) is 0 Å². The Balaban J connectivity index is 0.00000156. The van der Waals surface area contributed by atoms with Crippen molar-refractivity contribution in [2.24, 2.45) is 5.92 Å². The van der Waals surface area contributed by atoms with Crippen LogP contribution in [-0.4, -0.2) is 23.0 Å². The maximum absolute atomic E-state index is 12.2. The molecule has 124 valence electrons. The van der Waals surface area contributed by atoms with Gasteiger partial charge in [0.2, 0.25) is 5.91 Å². The lowest BCUT2D eigenvalue weighted by Crippen LogP contribution is -2.39. The highest BCUT2D eigenvalue weighted by atomic mass is 35.5. The van der Waals surface area contributed by atoms with Crippen molar-refractivity contribution in [1.82, 2.24) is 15.6 Å². The Morgan fingerprint density at radius 3 is 2.74 bits per heavy atom. The maximum atomic E-state index is 12.2. The van der Waals surface area contributed by atoms with E-state index in [9.17, 15) is 4.79 Å². The van der Waals surface area contributed by atoms with Crippen molar-refractivity contribution in [2.75, 3.05) is 0 Å². The summed E-state index contributed by atoms with van der Waals surface area (Å²) in [6.45, 7) is 0.552. The Kier molecular flexibility index (Phi) is 5.19. The summed E-state index contributed by atoms with van der Waals surface area (Å²) >= 11 is 1.66. The highest BCUT2D eigenvalue weighted by Crippen LogP contribution is 2.32. The maximum Gasteiger partial charge on any atom is 0.220 e. The van der Waals surface area contributed by atoms with Crippen LogP contribution in [0.3, 0.4) is 0 Å². The molecule has 6 heteroatoms. The average Bonchev–Trinajstić information content (AvgIpc) is 3.08. The van der Waals surface area contributed by atoms with Crippen LogP contribution in [0.5, 0.6) is 0 Å². The van der Waals surface area contributed by atoms with Gasteiger partial charge in [-0.05, 0) is 43.7 Å². The molecular weight excluding hydrogens is 330 g/mol. The van der Waals surface area contributed by atoms with Crippen molar-refractivity contribution in [2.45, 2.75) is 50.7 Å². The van der Waals surface area contributed by atoms with E-state index in [-0.39, 0.29) is 18.3 Å². The Hall–Kier alpha value is -1.17. The number of carbonyl (C=O) groups excluding carboxylic acids is 1. The molecule has 0 radical (unpaired) electrons. The minimum atomic E-state index is 0. The molecule has 23 heavy (non-hydrogen) atoms. The number of fused-ring (bicyclic) bond motifs is 3. The largest absolute Gasteiger partial charge is 0.350 e. The molecule has 1 aromatic carbocycles. The van der Waals surface area contributed by atoms with E-state index in [0.717, 1.165) is 23.4 Å². The lowest BCUT2D eigenvalue weighted by molar-refractivity contribution is -0.122. The second-order valence-electron chi connectivity index (χ2n) is 6.53. The highest BCUT2D eigenvalue weighted by Gasteiger charge is 2.34. The average molecular weight is 352 g/mol.